The van der Waals surface area contributed by atoms with E-state index in [9.17, 15) is 4.39 Å². The van der Waals surface area contributed by atoms with Crippen molar-refractivity contribution in [2.24, 2.45) is 0 Å². The van der Waals surface area contributed by atoms with Gasteiger partial charge in [-0.05, 0) is 55.3 Å². The summed E-state index contributed by atoms with van der Waals surface area (Å²) in [7, 11) is 0. The Hall–Kier alpha value is -2.03. The van der Waals surface area contributed by atoms with Crippen molar-refractivity contribution < 1.29 is 9.13 Å². The first-order chi connectivity index (χ1) is 9.15. The number of halogens is 1. The predicted octanol–water partition coefficient (Wildman–Crippen LogP) is 3.93. The molecule has 0 aliphatic carbocycles. The van der Waals surface area contributed by atoms with E-state index in [1.54, 1.807) is 12.1 Å². The third kappa shape index (κ3) is 3.98. The Bertz CT molecular complexity index is 537. The molecule has 2 aromatic carbocycles. The molecule has 2 rings (SSSR count). The molecule has 2 aromatic rings. The van der Waals surface area contributed by atoms with Crippen molar-refractivity contribution in [2.45, 2.75) is 13.8 Å². The minimum absolute atomic E-state index is 0.249. The first-order valence-electron chi connectivity index (χ1n) is 6.34. The van der Waals surface area contributed by atoms with Gasteiger partial charge in [0.25, 0.3) is 0 Å². The summed E-state index contributed by atoms with van der Waals surface area (Å²) in [4.78, 5) is 0. The monoisotopic (exact) mass is 259 g/mol. The standard InChI is InChI=1S/C16H18FNO/c1-12-3-4-13(2)16(11-12)18-9-10-19-15-7-5-14(17)6-8-15/h3-8,11,18H,9-10H2,1-2H3. The molecule has 0 bridgehead atoms. The third-order valence-electron chi connectivity index (χ3n) is 2.89. The average Bonchev–Trinajstić information content (AvgIpc) is 2.40. The Kier molecular flexibility index (Phi) is 4.39. The van der Waals surface area contributed by atoms with Gasteiger partial charge in [0.15, 0.2) is 0 Å². The highest BCUT2D eigenvalue weighted by molar-refractivity contribution is 5.52. The van der Waals surface area contributed by atoms with Crippen LogP contribution >= 0.6 is 0 Å². The molecule has 0 fully saturated rings. The summed E-state index contributed by atoms with van der Waals surface area (Å²) in [6.07, 6.45) is 0. The number of benzene rings is 2. The molecular formula is C16H18FNO. The first kappa shape index (κ1) is 13.4. The largest absolute Gasteiger partial charge is 0.492 e. The van der Waals surface area contributed by atoms with Gasteiger partial charge in [0, 0.05) is 12.2 Å². The van der Waals surface area contributed by atoms with Crippen LogP contribution in [0.15, 0.2) is 42.5 Å². The molecule has 0 amide bonds. The Morgan fingerprint density at radius 1 is 1.05 bits per heavy atom. The molecule has 0 spiro atoms. The number of hydrogen-bond donors (Lipinski definition) is 1. The maximum Gasteiger partial charge on any atom is 0.123 e. The highest BCUT2D eigenvalue weighted by Crippen LogP contribution is 2.16. The van der Waals surface area contributed by atoms with Crippen LogP contribution in [-0.4, -0.2) is 13.2 Å². The van der Waals surface area contributed by atoms with E-state index >= 15 is 0 Å². The van der Waals surface area contributed by atoms with Crippen LogP contribution in [0.1, 0.15) is 11.1 Å². The first-order valence-corrected chi connectivity index (χ1v) is 6.34. The van der Waals surface area contributed by atoms with E-state index in [1.807, 2.05) is 0 Å². The summed E-state index contributed by atoms with van der Waals surface area (Å²) in [5.74, 6) is 0.435. The van der Waals surface area contributed by atoms with Crippen LogP contribution in [0.5, 0.6) is 5.75 Å². The minimum Gasteiger partial charge on any atom is -0.492 e. The summed E-state index contributed by atoms with van der Waals surface area (Å²) in [5, 5.41) is 3.34. The number of hydrogen-bond acceptors (Lipinski definition) is 2. The van der Waals surface area contributed by atoms with Gasteiger partial charge in [-0.2, -0.15) is 0 Å². The second kappa shape index (κ2) is 6.23. The molecular weight excluding hydrogens is 241 g/mol. The number of aryl methyl sites for hydroxylation is 2. The fraction of sp³-hybridized carbons (Fsp3) is 0.250. The molecule has 1 N–H and O–H groups in total. The lowest BCUT2D eigenvalue weighted by molar-refractivity contribution is 0.332. The summed E-state index contributed by atoms with van der Waals surface area (Å²) < 4.78 is 18.2. The smallest absolute Gasteiger partial charge is 0.123 e. The molecule has 100 valence electrons. The van der Waals surface area contributed by atoms with Crippen LogP contribution in [0.4, 0.5) is 10.1 Å². The Labute approximate surface area is 113 Å². The molecule has 0 aliphatic rings. The second-order valence-corrected chi connectivity index (χ2v) is 4.55. The van der Waals surface area contributed by atoms with Gasteiger partial charge < -0.3 is 10.1 Å². The molecule has 0 radical (unpaired) electrons. The van der Waals surface area contributed by atoms with Crippen molar-refractivity contribution in [3.8, 4) is 5.75 Å². The van der Waals surface area contributed by atoms with Gasteiger partial charge in [-0.15, -0.1) is 0 Å². The average molecular weight is 259 g/mol. The van der Waals surface area contributed by atoms with Gasteiger partial charge in [-0.3, -0.25) is 0 Å². The van der Waals surface area contributed by atoms with Gasteiger partial charge in [-0.1, -0.05) is 12.1 Å². The number of anilines is 1. The van der Waals surface area contributed by atoms with Crippen molar-refractivity contribution in [1.82, 2.24) is 0 Å². The van der Waals surface area contributed by atoms with Crippen molar-refractivity contribution in [2.75, 3.05) is 18.5 Å². The zero-order valence-electron chi connectivity index (χ0n) is 11.2. The highest BCUT2D eigenvalue weighted by atomic mass is 19.1. The molecule has 19 heavy (non-hydrogen) atoms. The quantitative estimate of drug-likeness (QED) is 0.821. The fourth-order valence-corrected chi connectivity index (χ4v) is 1.81. The Morgan fingerprint density at radius 3 is 2.53 bits per heavy atom. The van der Waals surface area contributed by atoms with Crippen LogP contribution in [0.25, 0.3) is 0 Å². The molecule has 0 aliphatic heterocycles. The van der Waals surface area contributed by atoms with E-state index in [0.717, 1.165) is 5.69 Å². The summed E-state index contributed by atoms with van der Waals surface area (Å²) >= 11 is 0. The van der Waals surface area contributed by atoms with Gasteiger partial charge in [0.1, 0.15) is 18.2 Å². The molecule has 0 heterocycles. The van der Waals surface area contributed by atoms with E-state index in [-0.39, 0.29) is 5.82 Å². The Morgan fingerprint density at radius 2 is 1.79 bits per heavy atom. The zero-order valence-corrected chi connectivity index (χ0v) is 11.2. The van der Waals surface area contributed by atoms with E-state index in [0.29, 0.717) is 18.9 Å². The topological polar surface area (TPSA) is 21.3 Å². The molecule has 3 heteroatoms. The lowest BCUT2D eigenvalue weighted by Crippen LogP contribution is -2.12. The predicted molar refractivity (Wildman–Crippen MR) is 76.3 cm³/mol. The van der Waals surface area contributed by atoms with Gasteiger partial charge in [-0.25, -0.2) is 4.39 Å². The maximum absolute atomic E-state index is 12.7. The van der Waals surface area contributed by atoms with E-state index in [1.165, 1.54) is 23.3 Å². The highest BCUT2D eigenvalue weighted by Gasteiger charge is 1.98. The molecule has 0 saturated carbocycles. The molecule has 0 saturated heterocycles. The van der Waals surface area contributed by atoms with Crippen LogP contribution in [0, 0.1) is 19.7 Å². The molecule has 0 aromatic heterocycles. The van der Waals surface area contributed by atoms with Crippen LogP contribution in [0.2, 0.25) is 0 Å². The Balaban J connectivity index is 1.80. The van der Waals surface area contributed by atoms with Crippen LogP contribution in [0.3, 0.4) is 0 Å². The van der Waals surface area contributed by atoms with Gasteiger partial charge in [0.05, 0.1) is 0 Å². The summed E-state index contributed by atoms with van der Waals surface area (Å²) in [6, 6.07) is 12.4. The normalized spacial score (nSPS) is 10.3. The summed E-state index contributed by atoms with van der Waals surface area (Å²) in [5.41, 5.74) is 3.57. The van der Waals surface area contributed by atoms with Crippen molar-refractivity contribution in [3.63, 3.8) is 0 Å². The maximum atomic E-state index is 12.7. The van der Waals surface area contributed by atoms with E-state index in [4.69, 9.17) is 4.74 Å². The number of ether oxygens (including phenoxy) is 1. The van der Waals surface area contributed by atoms with Gasteiger partial charge >= 0.3 is 0 Å². The number of nitrogens with one attached hydrogen (secondary N) is 1. The van der Waals surface area contributed by atoms with Crippen LogP contribution < -0.4 is 10.1 Å². The van der Waals surface area contributed by atoms with Gasteiger partial charge in [0.2, 0.25) is 0 Å². The van der Waals surface area contributed by atoms with E-state index in [2.05, 4.69) is 37.4 Å². The molecule has 0 atom stereocenters. The number of rotatable bonds is 5. The lowest BCUT2D eigenvalue weighted by atomic mass is 10.1. The fourth-order valence-electron chi connectivity index (χ4n) is 1.81. The van der Waals surface area contributed by atoms with Crippen molar-refractivity contribution >= 4 is 5.69 Å². The minimum atomic E-state index is -0.249. The van der Waals surface area contributed by atoms with E-state index < -0.39 is 0 Å². The van der Waals surface area contributed by atoms with Crippen molar-refractivity contribution in [1.29, 1.82) is 0 Å². The zero-order chi connectivity index (χ0) is 13.7. The molecule has 0 unspecified atom stereocenters. The SMILES string of the molecule is Cc1ccc(C)c(NCCOc2ccc(F)cc2)c1. The second-order valence-electron chi connectivity index (χ2n) is 4.55. The van der Waals surface area contributed by atoms with Crippen LogP contribution in [-0.2, 0) is 0 Å². The lowest BCUT2D eigenvalue weighted by Gasteiger charge is -2.11. The molecule has 2 nitrogen and oxygen atoms in total. The van der Waals surface area contributed by atoms with Crippen molar-refractivity contribution in [3.05, 3.63) is 59.4 Å². The summed E-state index contributed by atoms with van der Waals surface area (Å²) in [6.45, 7) is 5.39. The third-order valence-corrected chi connectivity index (χ3v) is 2.89.